The van der Waals surface area contributed by atoms with Crippen molar-refractivity contribution in [3.05, 3.63) is 20.6 Å². The summed E-state index contributed by atoms with van der Waals surface area (Å²) in [5, 5.41) is 10.2. The summed E-state index contributed by atoms with van der Waals surface area (Å²) < 4.78 is 6.02. The highest BCUT2D eigenvalue weighted by Crippen LogP contribution is 2.45. The molecule has 1 aliphatic rings. The summed E-state index contributed by atoms with van der Waals surface area (Å²) >= 11 is 9.30. The number of fused-ring (bicyclic) bond motifs is 1. The maximum Gasteiger partial charge on any atom is 0.142 e. The fraction of sp³-hybridized carbons (Fsp3) is 0.400. The molecule has 1 heterocycles. The highest BCUT2D eigenvalue weighted by atomic mass is 79.9. The van der Waals surface area contributed by atoms with Gasteiger partial charge in [-0.05, 0) is 41.3 Å². The van der Waals surface area contributed by atoms with Gasteiger partial charge in [-0.1, -0.05) is 11.6 Å². The summed E-state index contributed by atoms with van der Waals surface area (Å²) in [6.07, 6.45) is 1.90. The Balaban J connectivity index is 2.71. The van der Waals surface area contributed by atoms with Gasteiger partial charge < -0.3 is 9.84 Å². The van der Waals surface area contributed by atoms with Crippen molar-refractivity contribution >= 4 is 27.5 Å². The molecule has 0 spiro atoms. The van der Waals surface area contributed by atoms with Crippen LogP contribution < -0.4 is 4.74 Å². The lowest BCUT2D eigenvalue weighted by molar-refractivity contribution is 0.286. The second-order valence-electron chi connectivity index (χ2n) is 3.36. The number of halogens is 2. The highest BCUT2D eigenvalue weighted by Gasteiger charge is 2.22. The van der Waals surface area contributed by atoms with Gasteiger partial charge in [-0.3, -0.25) is 0 Å². The molecule has 0 atom stereocenters. The molecule has 4 heteroatoms. The molecule has 0 saturated heterocycles. The van der Waals surface area contributed by atoms with Crippen LogP contribution in [0, 0.1) is 6.92 Å². The molecule has 0 aromatic heterocycles. The molecule has 0 fully saturated rings. The molecule has 14 heavy (non-hydrogen) atoms. The van der Waals surface area contributed by atoms with Crippen LogP contribution in [0.3, 0.4) is 0 Å². The predicted molar refractivity (Wildman–Crippen MR) is 59.4 cm³/mol. The summed E-state index contributed by atoms with van der Waals surface area (Å²) in [6.45, 7) is 2.58. The van der Waals surface area contributed by atoms with Crippen LogP contribution in [0.5, 0.6) is 11.5 Å². The van der Waals surface area contributed by atoms with E-state index >= 15 is 0 Å². The first kappa shape index (κ1) is 10.1. The molecule has 76 valence electrons. The Hall–Kier alpha value is -0.410. The molecule has 1 N–H and O–H groups in total. The Kier molecular flexibility index (Phi) is 2.62. The molecule has 0 radical (unpaired) electrons. The van der Waals surface area contributed by atoms with E-state index in [0.717, 1.165) is 29.7 Å². The molecule has 1 aromatic carbocycles. The molecule has 1 aliphatic heterocycles. The van der Waals surface area contributed by atoms with Gasteiger partial charge in [-0.25, -0.2) is 0 Å². The van der Waals surface area contributed by atoms with E-state index in [2.05, 4.69) is 15.9 Å². The Morgan fingerprint density at radius 2 is 2.21 bits per heavy atom. The molecule has 0 amide bonds. The van der Waals surface area contributed by atoms with E-state index in [4.69, 9.17) is 16.3 Å². The fourth-order valence-electron chi connectivity index (χ4n) is 1.69. The summed E-state index contributed by atoms with van der Waals surface area (Å²) in [4.78, 5) is 0. The van der Waals surface area contributed by atoms with Crippen molar-refractivity contribution in [1.29, 1.82) is 0 Å². The summed E-state index contributed by atoms with van der Waals surface area (Å²) in [7, 11) is 0. The number of rotatable bonds is 0. The maximum atomic E-state index is 9.76. The van der Waals surface area contributed by atoms with E-state index in [1.165, 1.54) is 0 Å². The van der Waals surface area contributed by atoms with Crippen LogP contribution in [-0.4, -0.2) is 11.7 Å². The lowest BCUT2D eigenvalue weighted by atomic mass is 10.00. The standard InChI is InChI=1S/C10H10BrClO2/c1-5-6-3-2-4-14-10(6)8(12)7(11)9(5)13/h13H,2-4H2,1H3. The first-order valence-corrected chi connectivity index (χ1v) is 5.62. The topological polar surface area (TPSA) is 29.5 Å². The Morgan fingerprint density at radius 1 is 1.50 bits per heavy atom. The minimum Gasteiger partial charge on any atom is -0.506 e. The normalized spacial score (nSPS) is 14.8. The van der Waals surface area contributed by atoms with Crippen LogP contribution in [-0.2, 0) is 6.42 Å². The van der Waals surface area contributed by atoms with Crippen molar-refractivity contribution in [2.24, 2.45) is 0 Å². The SMILES string of the molecule is Cc1c(O)c(Br)c(Cl)c2c1CCCO2. The van der Waals surface area contributed by atoms with Crippen LogP contribution in [0.4, 0.5) is 0 Å². The molecule has 1 aromatic rings. The first-order valence-electron chi connectivity index (χ1n) is 4.45. The van der Waals surface area contributed by atoms with E-state index in [1.807, 2.05) is 6.92 Å². The van der Waals surface area contributed by atoms with Crippen LogP contribution in [0.15, 0.2) is 4.47 Å². The van der Waals surface area contributed by atoms with Crippen molar-refractivity contribution < 1.29 is 9.84 Å². The van der Waals surface area contributed by atoms with Gasteiger partial charge in [0.2, 0.25) is 0 Å². The lowest BCUT2D eigenvalue weighted by Gasteiger charge is -2.22. The number of phenols is 1. The zero-order valence-corrected chi connectivity index (χ0v) is 10.1. The monoisotopic (exact) mass is 276 g/mol. The van der Waals surface area contributed by atoms with E-state index in [-0.39, 0.29) is 5.75 Å². The van der Waals surface area contributed by atoms with Gasteiger partial charge in [-0.15, -0.1) is 0 Å². The van der Waals surface area contributed by atoms with Gasteiger partial charge >= 0.3 is 0 Å². The fourth-order valence-corrected chi connectivity index (χ4v) is 2.42. The molecular formula is C10H10BrClO2. The predicted octanol–water partition coefficient (Wildman–Crippen LogP) is 3.44. The van der Waals surface area contributed by atoms with Crippen LogP contribution in [0.2, 0.25) is 5.02 Å². The zero-order chi connectivity index (χ0) is 10.3. The van der Waals surface area contributed by atoms with Gasteiger partial charge in [0.1, 0.15) is 16.5 Å². The minimum absolute atomic E-state index is 0.222. The van der Waals surface area contributed by atoms with Crippen molar-refractivity contribution in [3.63, 3.8) is 0 Å². The number of benzene rings is 1. The number of aromatic hydroxyl groups is 1. The molecule has 0 saturated carbocycles. The van der Waals surface area contributed by atoms with Crippen molar-refractivity contribution in [1.82, 2.24) is 0 Å². The molecule has 2 rings (SSSR count). The average Bonchev–Trinajstić information content (AvgIpc) is 2.23. The van der Waals surface area contributed by atoms with Gasteiger partial charge in [0, 0.05) is 5.56 Å². The third kappa shape index (κ3) is 1.39. The van der Waals surface area contributed by atoms with Crippen molar-refractivity contribution in [3.8, 4) is 11.5 Å². The van der Waals surface area contributed by atoms with Crippen LogP contribution in [0.1, 0.15) is 17.5 Å². The van der Waals surface area contributed by atoms with Gasteiger partial charge in [0.05, 0.1) is 11.1 Å². The number of hydrogen-bond acceptors (Lipinski definition) is 2. The van der Waals surface area contributed by atoms with Crippen molar-refractivity contribution in [2.75, 3.05) is 6.61 Å². The van der Waals surface area contributed by atoms with E-state index < -0.39 is 0 Å². The molecule has 0 aliphatic carbocycles. The molecule has 2 nitrogen and oxygen atoms in total. The highest BCUT2D eigenvalue weighted by molar-refractivity contribution is 9.10. The average molecular weight is 278 g/mol. The summed E-state index contributed by atoms with van der Waals surface area (Å²) in [6, 6.07) is 0. The summed E-state index contributed by atoms with van der Waals surface area (Å²) in [5.74, 6) is 0.944. The van der Waals surface area contributed by atoms with Crippen LogP contribution in [0.25, 0.3) is 0 Å². The Labute approximate surface area is 96.0 Å². The second kappa shape index (κ2) is 3.63. The summed E-state index contributed by atoms with van der Waals surface area (Å²) in [5.41, 5.74) is 1.89. The number of hydrogen-bond donors (Lipinski definition) is 1. The molecule has 0 unspecified atom stereocenters. The quantitative estimate of drug-likeness (QED) is 0.787. The zero-order valence-electron chi connectivity index (χ0n) is 7.73. The molecule has 0 bridgehead atoms. The number of ether oxygens (including phenoxy) is 1. The minimum atomic E-state index is 0.222. The maximum absolute atomic E-state index is 9.76. The van der Waals surface area contributed by atoms with Gasteiger partial charge in [0.15, 0.2) is 0 Å². The van der Waals surface area contributed by atoms with Gasteiger partial charge in [0.25, 0.3) is 0 Å². The second-order valence-corrected chi connectivity index (χ2v) is 4.53. The lowest BCUT2D eigenvalue weighted by Crippen LogP contribution is -2.10. The third-order valence-corrected chi connectivity index (χ3v) is 3.86. The van der Waals surface area contributed by atoms with E-state index in [0.29, 0.717) is 16.1 Å². The van der Waals surface area contributed by atoms with E-state index in [9.17, 15) is 5.11 Å². The molecular weight excluding hydrogens is 267 g/mol. The first-order chi connectivity index (χ1) is 6.63. The van der Waals surface area contributed by atoms with Crippen molar-refractivity contribution in [2.45, 2.75) is 19.8 Å². The van der Waals surface area contributed by atoms with E-state index in [1.54, 1.807) is 0 Å². The van der Waals surface area contributed by atoms with Gasteiger partial charge in [-0.2, -0.15) is 0 Å². The third-order valence-electron chi connectivity index (χ3n) is 2.50. The van der Waals surface area contributed by atoms with Crippen LogP contribution >= 0.6 is 27.5 Å². The number of phenolic OH excluding ortho intramolecular Hbond substituents is 1. The smallest absolute Gasteiger partial charge is 0.142 e. The Bertz CT molecular complexity index is 353. The Morgan fingerprint density at radius 3 is 2.93 bits per heavy atom. The largest absolute Gasteiger partial charge is 0.506 e.